The number of esters is 1. The number of ether oxygens (including phenoxy) is 1. The van der Waals surface area contributed by atoms with Crippen LogP contribution < -0.4 is 0 Å². The van der Waals surface area contributed by atoms with E-state index in [0.717, 1.165) is 18.6 Å². The molecule has 1 saturated heterocycles. The Kier molecular flexibility index (Phi) is 6.96. The SMILES string of the molecule is CCOC(=O)C1CCN(C(=O)CCSc2ccc(C)cc2)CC1. The highest BCUT2D eigenvalue weighted by Gasteiger charge is 2.27. The van der Waals surface area contributed by atoms with Crippen LogP contribution in [0.15, 0.2) is 29.2 Å². The third kappa shape index (κ3) is 5.57. The third-order valence-electron chi connectivity index (χ3n) is 4.07. The van der Waals surface area contributed by atoms with Crippen molar-refractivity contribution in [2.24, 2.45) is 5.92 Å². The van der Waals surface area contributed by atoms with Gasteiger partial charge in [0.05, 0.1) is 12.5 Å². The number of hydrogen-bond acceptors (Lipinski definition) is 4. The molecule has 1 aromatic rings. The van der Waals surface area contributed by atoms with Gasteiger partial charge in [0.2, 0.25) is 5.91 Å². The van der Waals surface area contributed by atoms with Gasteiger partial charge in [-0.1, -0.05) is 17.7 Å². The molecule has 0 radical (unpaired) electrons. The average Bonchev–Trinajstić information content (AvgIpc) is 2.57. The summed E-state index contributed by atoms with van der Waals surface area (Å²) in [4.78, 5) is 27.0. The lowest BCUT2D eigenvalue weighted by atomic mass is 9.97. The monoisotopic (exact) mass is 335 g/mol. The average molecular weight is 335 g/mol. The van der Waals surface area contributed by atoms with E-state index < -0.39 is 0 Å². The fraction of sp³-hybridized carbons (Fsp3) is 0.556. The Bertz CT molecular complexity index is 522. The molecule has 23 heavy (non-hydrogen) atoms. The summed E-state index contributed by atoms with van der Waals surface area (Å²) in [6, 6.07) is 8.36. The molecule has 4 nitrogen and oxygen atoms in total. The molecule has 0 aliphatic carbocycles. The van der Waals surface area contributed by atoms with Gasteiger partial charge in [-0.2, -0.15) is 0 Å². The second kappa shape index (κ2) is 8.96. The van der Waals surface area contributed by atoms with Crippen LogP contribution in [0.25, 0.3) is 0 Å². The molecule has 5 heteroatoms. The number of aryl methyl sites for hydroxylation is 1. The van der Waals surface area contributed by atoms with E-state index in [1.807, 2.05) is 11.8 Å². The summed E-state index contributed by atoms with van der Waals surface area (Å²) >= 11 is 1.71. The molecule has 0 atom stereocenters. The molecule has 0 N–H and O–H groups in total. The quantitative estimate of drug-likeness (QED) is 0.591. The largest absolute Gasteiger partial charge is 0.466 e. The Morgan fingerprint density at radius 1 is 1.22 bits per heavy atom. The van der Waals surface area contributed by atoms with Gasteiger partial charge in [0.25, 0.3) is 0 Å². The number of likely N-dealkylation sites (tertiary alicyclic amines) is 1. The van der Waals surface area contributed by atoms with E-state index in [-0.39, 0.29) is 17.8 Å². The van der Waals surface area contributed by atoms with Gasteiger partial charge in [0.15, 0.2) is 0 Å². The maximum absolute atomic E-state index is 12.2. The summed E-state index contributed by atoms with van der Waals surface area (Å²) in [7, 11) is 0. The second-order valence-corrected chi connectivity index (χ2v) is 6.99. The summed E-state index contributed by atoms with van der Waals surface area (Å²) < 4.78 is 5.05. The first-order valence-corrected chi connectivity index (χ1v) is 9.22. The number of rotatable bonds is 6. The van der Waals surface area contributed by atoms with Crippen LogP contribution in [0.5, 0.6) is 0 Å². The van der Waals surface area contributed by atoms with Crippen LogP contribution in [0.3, 0.4) is 0 Å². The van der Waals surface area contributed by atoms with Crippen molar-refractivity contribution in [2.45, 2.75) is 38.0 Å². The molecule has 0 aromatic heterocycles. The van der Waals surface area contributed by atoms with Crippen molar-refractivity contribution in [2.75, 3.05) is 25.4 Å². The smallest absolute Gasteiger partial charge is 0.309 e. The number of amides is 1. The van der Waals surface area contributed by atoms with Crippen LogP contribution in [0, 0.1) is 12.8 Å². The molecule has 1 aromatic carbocycles. The Labute approximate surface area is 142 Å². The first kappa shape index (κ1) is 17.9. The second-order valence-electron chi connectivity index (χ2n) is 5.82. The standard InChI is InChI=1S/C18H25NO3S/c1-3-22-18(21)15-8-11-19(12-9-15)17(20)10-13-23-16-6-4-14(2)5-7-16/h4-7,15H,3,8-13H2,1-2H3. The lowest BCUT2D eigenvalue weighted by Crippen LogP contribution is -2.40. The molecule has 1 aliphatic heterocycles. The fourth-order valence-corrected chi connectivity index (χ4v) is 3.51. The van der Waals surface area contributed by atoms with Gasteiger partial charge in [-0.25, -0.2) is 0 Å². The first-order valence-electron chi connectivity index (χ1n) is 8.24. The van der Waals surface area contributed by atoms with E-state index >= 15 is 0 Å². The summed E-state index contributed by atoms with van der Waals surface area (Å²) in [5.74, 6) is 0.821. The maximum atomic E-state index is 12.2. The van der Waals surface area contributed by atoms with Crippen LogP contribution in [0.4, 0.5) is 0 Å². The van der Waals surface area contributed by atoms with Crippen LogP contribution in [0.2, 0.25) is 0 Å². The van der Waals surface area contributed by atoms with Crippen LogP contribution >= 0.6 is 11.8 Å². The molecule has 1 aliphatic rings. The van der Waals surface area contributed by atoms with Crippen molar-refractivity contribution in [3.05, 3.63) is 29.8 Å². The number of nitrogens with zero attached hydrogens (tertiary/aromatic N) is 1. The highest BCUT2D eigenvalue weighted by atomic mass is 32.2. The Hall–Kier alpha value is -1.49. The highest BCUT2D eigenvalue weighted by molar-refractivity contribution is 7.99. The topological polar surface area (TPSA) is 46.6 Å². The normalized spacial score (nSPS) is 15.5. The number of benzene rings is 1. The molecule has 0 unspecified atom stereocenters. The van der Waals surface area contributed by atoms with E-state index in [1.54, 1.807) is 11.8 Å². The molecule has 1 heterocycles. The van der Waals surface area contributed by atoms with E-state index in [2.05, 4.69) is 31.2 Å². The van der Waals surface area contributed by atoms with Crippen molar-refractivity contribution in [1.82, 2.24) is 4.90 Å². The van der Waals surface area contributed by atoms with Crippen LogP contribution in [0.1, 0.15) is 31.7 Å². The van der Waals surface area contributed by atoms with Crippen LogP contribution in [-0.2, 0) is 14.3 Å². The van der Waals surface area contributed by atoms with Crippen molar-refractivity contribution in [3.8, 4) is 0 Å². The molecular weight excluding hydrogens is 310 g/mol. The summed E-state index contributed by atoms with van der Waals surface area (Å²) in [5.41, 5.74) is 1.25. The zero-order valence-electron chi connectivity index (χ0n) is 13.9. The number of piperidine rings is 1. The Balaban J connectivity index is 1.68. The van der Waals surface area contributed by atoms with Gasteiger partial charge in [-0.15, -0.1) is 11.8 Å². The molecule has 0 spiro atoms. The van der Waals surface area contributed by atoms with Gasteiger partial charge >= 0.3 is 5.97 Å². The van der Waals surface area contributed by atoms with Gasteiger partial charge in [-0.05, 0) is 38.8 Å². The van der Waals surface area contributed by atoms with Crippen LogP contribution in [-0.4, -0.2) is 42.2 Å². The minimum Gasteiger partial charge on any atom is -0.466 e. The first-order chi connectivity index (χ1) is 11.1. The van der Waals surface area contributed by atoms with Gasteiger partial charge in [-0.3, -0.25) is 9.59 Å². The lowest BCUT2D eigenvalue weighted by Gasteiger charge is -2.30. The molecule has 1 amide bonds. The summed E-state index contributed by atoms with van der Waals surface area (Å²) in [6.07, 6.45) is 1.98. The Morgan fingerprint density at radius 2 is 1.87 bits per heavy atom. The molecular formula is C18H25NO3S. The highest BCUT2D eigenvalue weighted by Crippen LogP contribution is 2.22. The minimum absolute atomic E-state index is 0.0408. The van der Waals surface area contributed by atoms with E-state index in [0.29, 0.717) is 26.1 Å². The predicted molar refractivity (Wildman–Crippen MR) is 92.5 cm³/mol. The van der Waals surface area contributed by atoms with Crippen molar-refractivity contribution in [1.29, 1.82) is 0 Å². The zero-order valence-corrected chi connectivity index (χ0v) is 14.7. The van der Waals surface area contributed by atoms with Crippen molar-refractivity contribution in [3.63, 3.8) is 0 Å². The molecule has 0 saturated carbocycles. The van der Waals surface area contributed by atoms with Crippen molar-refractivity contribution >= 4 is 23.6 Å². The van der Waals surface area contributed by atoms with Gasteiger partial charge < -0.3 is 9.64 Å². The van der Waals surface area contributed by atoms with Crippen molar-refractivity contribution < 1.29 is 14.3 Å². The zero-order chi connectivity index (χ0) is 16.7. The lowest BCUT2D eigenvalue weighted by molar-refractivity contribution is -0.151. The molecule has 2 rings (SSSR count). The molecule has 0 bridgehead atoms. The fourth-order valence-electron chi connectivity index (χ4n) is 2.67. The van der Waals surface area contributed by atoms with E-state index in [4.69, 9.17) is 4.74 Å². The minimum atomic E-state index is -0.116. The predicted octanol–water partition coefficient (Wildman–Crippen LogP) is 3.28. The number of hydrogen-bond donors (Lipinski definition) is 0. The van der Waals surface area contributed by atoms with Gasteiger partial charge in [0, 0.05) is 30.2 Å². The van der Waals surface area contributed by atoms with E-state index in [9.17, 15) is 9.59 Å². The third-order valence-corrected chi connectivity index (χ3v) is 5.09. The summed E-state index contributed by atoms with van der Waals surface area (Å²) in [6.45, 7) is 5.64. The Morgan fingerprint density at radius 3 is 2.48 bits per heavy atom. The van der Waals surface area contributed by atoms with E-state index in [1.165, 1.54) is 10.5 Å². The molecule has 126 valence electrons. The number of thioether (sulfide) groups is 1. The number of carbonyl (C=O) groups excluding carboxylic acids is 2. The molecule has 1 fully saturated rings. The summed E-state index contributed by atoms with van der Waals surface area (Å²) in [5, 5.41) is 0. The maximum Gasteiger partial charge on any atom is 0.309 e. The number of carbonyl (C=O) groups is 2. The van der Waals surface area contributed by atoms with Gasteiger partial charge in [0.1, 0.15) is 0 Å².